The average Bonchev–Trinajstić information content (AvgIpc) is 1.25. The van der Waals surface area contributed by atoms with E-state index in [1.165, 1.54) is 0 Å². The molecule has 0 unspecified atom stereocenters. The Morgan fingerprint density at radius 2 is 1.25 bits per heavy atom. The predicted molar refractivity (Wildman–Crippen MR) is 21.7 cm³/mol. The third-order valence-electron chi connectivity index (χ3n) is 0.262. The van der Waals surface area contributed by atoms with Gasteiger partial charge in [-0.1, -0.05) is 0 Å². The Morgan fingerprint density at radius 3 is 1.25 bits per heavy atom. The number of rotatable bonds is 1. The van der Waals surface area contributed by atoms with Crippen LogP contribution in [-0.2, 0) is 0 Å². The van der Waals surface area contributed by atoms with Gasteiger partial charge >= 0.3 is 4.71 Å². The average molecular weight is 175 g/mol. The van der Waals surface area contributed by atoms with Crippen molar-refractivity contribution in [1.29, 1.82) is 0 Å². The van der Waals surface area contributed by atoms with Crippen LogP contribution >= 0.6 is 22.8 Å². The Kier molecular flexibility index (Phi) is 1.98. The fraction of sp³-hybridized carbons (Fsp3) is 1.00. The van der Waals surface area contributed by atoms with Crippen molar-refractivity contribution in [3.8, 4) is 0 Å². The predicted octanol–water partition coefficient (Wildman–Crippen LogP) is 3.23. The zero-order valence-corrected chi connectivity index (χ0v) is 4.75. The molecule has 0 N–H and O–H groups in total. The van der Waals surface area contributed by atoms with Gasteiger partial charge in [0.25, 0.3) is 11.2 Å². The van der Waals surface area contributed by atoms with Gasteiger partial charge in [-0.25, -0.2) is 0 Å². The standard InChI is InChI=1S/CClF5S/c2-1(3,4)8(5,6)7. The van der Waals surface area contributed by atoms with E-state index in [1.54, 1.807) is 0 Å². The third-order valence-corrected chi connectivity index (χ3v) is 1.31. The maximum atomic E-state index is 10.9. The minimum Gasteiger partial charge on any atom is -0.171 e. The molecular weight excluding hydrogens is 175 g/mol. The molecule has 0 rings (SSSR count). The molecule has 0 saturated carbocycles. The lowest BCUT2D eigenvalue weighted by molar-refractivity contribution is 0.175. The van der Waals surface area contributed by atoms with Gasteiger partial charge in [0.1, 0.15) is 0 Å². The lowest BCUT2D eigenvalue weighted by Gasteiger charge is -2.13. The summed E-state index contributed by atoms with van der Waals surface area (Å²) in [6.07, 6.45) is 0. The van der Waals surface area contributed by atoms with E-state index in [9.17, 15) is 20.4 Å². The van der Waals surface area contributed by atoms with Crippen molar-refractivity contribution < 1.29 is 20.4 Å². The lowest BCUT2D eigenvalue weighted by atomic mass is 11.6. The molecule has 0 aliphatic carbocycles. The first-order valence-corrected chi connectivity index (χ1v) is 2.95. The van der Waals surface area contributed by atoms with E-state index in [4.69, 9.17) is 0 Å². The molecule has 7 heteroatoms. The number of hydrogen-bond donors (Lipinski definition) is 0. The normalized spacial score (nSPS) is 16.2. The van der Waals surface area contributed by atoms with E-state index in [0.29, 0.717) is 0 Å². The minimum atomic E-state index is -6.41. The van der Waals surface area contributed by atoms with Crippen LogP contribution in [0.15, 0.2) is 0 Å². The Balaban J connectivity index is 4.02. The Hall–Kier alpha value is 0.290. The second-order valence-corrected chi connectivity index (χ2v) is 2.88. The highest BCUT2D eigenvalue weighted by atomic mass is 35.5. The van der Waals surface area contributed by atoms with E-state index in [0.717, 1.165) is 0 Å². The minimum absolute atomic E-state index is 3.59. The summed E-state index contributed by atoms with van der Waals surface area (Å²) in [7, 11) is 0. The molecule has 0 fully saturated rings. The fourth-order valence-corrected chi connectivity index (χ4v) is 0. The van der Waals surface area contributed by atoms with Crippen LogP contribution in [0.5, 0.6) is 0 Å². The van der Waals surface area contributed by atoms with Crippen molar-refractivity contribution in [2.45, 2.75) is 4.71 Å². The topological polar surface area (TPSA) is 0 Å². The van der Waals surface area contributed by atoms with Crippen molar-refractivity contribution in [1.82, 2.24) is 0 Å². The molecular formula is CClF5S. The molecule has 0 spiro atoms. The maximum Gasteiger partial charge on any atom is 0.432 e. The van der Waals surface area contributed by atoms with Gasteiger partial charge in [0.15, 0.2) is 0 Å². The molecule has 0 atom stereocenters. The van der Waals surface area contributed by atoms with Crippen LogP contribution in [0.4, 0.5) is 20.4 Å². The molecule has 0 bridgehead atoms. The van der Waals surface area contributed by atoms with Crippen LogP contribution < -0.4 is 0 Å². The van der Waals surface area contributed by atoms with Gasteiger partial charge in [-0.2, -0.15) is 8.78 Å². The Morgan fingerprint density at radius 1 is 1.12 bits per heavy atom. The molecule has 0 aromatic heterocycles. The van der Waals surface area contributed by atoms with E-state index >= 15 is 0 Å². The summed E-state index contributed by atoms with van der Waals surface area (Å²) in [5, 5.41) is 0. The van der Waals surface area contributed by atoms with Crippen molar-refractivity contribution in [2.24, 2.45) is 0 Å². The van der Waals surface area contributed by atoms with E-state index in [1.807, 2.05) is 0 Å². The first-order valence-electron chi connectivity index (χ1n) is 1.23. The van der Waals surface area contributed by atoms with Crippen LogP contribution in [0.1, 0.15) is 0 Å². The van der Waals surface area contributed by atoms with Crippen LogP contribution in [0, 0.1) is 0 Å². The molecule has 0 saturated heterocycles. The molecule has 0 aliphatic rings. The first kappa shape index (κ1) is 8.29. The number of hydrogen-bond acceptors (Lipinski definition) is 0. The largest absolute Gasteiger partial charge is 0.432 e. The maximum absolute atomic E-state index is 10.9. The third kappa shape index (κ3) is 2.04. The molecule has 0 aliphatic heterocycles. The van der Waals surface area contributed by atoms with Crippen LogP contribution in [0.25, 0.3) is 0 Å². The second-order valence-electron chi connectivity index (χ2n) is 0.852. The van der Waals surface area contributed by atoms with Gasteiger partial charge in [0.05, 0.1) is 0 Å². The lowest BCUT2D eigenvalue weighted by Crippen LogP contribution is -2.05. The Labute approximate surface area is 48.8 Å². The first-order chi connectivity index (χ1) is 3.25. The van der Waals surface area contributed by atoms with Crippen molar-refractivity contribution in [2.75, 3.05) is 0 Å². The molecule has 0 amide bonds. The van der Waals surface area contributed by atoms with Crippen LogP contribution in [0.3, 0.4) is 0 Å². The van der Waals surface area contributed by atoms with Gasteiger partial charge < -0.3 is 0 Å². The van der Waals surface area contributed by atoms with Gasteiger partial charge in [0.2, 0.25) is 0 Å². The monoisotopic (exact) mass is 174 g/mol. The summed E-state index contributed by atoms with van der Waals surface area (Å²) in [6, 6.07) is 0. The summed E-state index contributed by atoms with van der Waals surface area (Å²) >= 11 is -2.82. The summed E-state index contributed by atoms with van der Waals surface area (Å²) < 4.78 is 49.1. The molecule has 0 nitrogen and oxygen atoms in total. The van der Waals surface area contributed by atoms with Crippen LogP contribution in [-0.4, -0.2) is 4.71 Å². The highest BCUT2D eigenvalue weighted by Gasteiger charge is 2.51. The quantitative estimate of drug-likeness (QED) is 0.423. The summed E-state index contributed by atoms with van der Waals surface area (Å²) in [5.74, 6) is 0. The highest BCUT2D eigenvalue weighted by molar-refractivity contribution is 8.22. The number of halogens is 6. The zero-order chi connectivity index (χ0) is 7.00. The van der Waals surface area contributed by atoms with Gasteiger partial charge in [-0.15, -0.1) is 11.7 Å². The smallest absolute Gasteiger partial charge is 0.171 e. The zero-order valence-electron chi connectivity index (χ0n) is 3.18. The summed E-state index contributed by atoms with van der Waals surface area (Å²) in [6.45, 7) is 0. The van der Waals surface area contributed by atoms with Crippen LogP contribution in [0.2, 0.25) is 0 Å². The molecule has 0 radical (unpaired) electrons. The molecule has 0 heterocycles. The van der Waals surface area contributed by atoms with Gasteiger partial charge in [0, 0.05) is 0 Å². The van der Waals surface area contributed by atoms with E-state index in [2.05, 4.69) is 11.6 Å². The summed E-state index contributed by atoms with van der Waals surface area (Å²) in [5.41, 5.74) is 0. The number of alkyl halides is 3. The molecule has 8 heavy (non-hydrogen) atoms. The van der Waals surface area contributed by atoms with Gasteiger partial charge in [-0.05, 0) is 11.6 Å². The van der Waals surface area contributed by atoms with Crippen molar-refractivity contribution in [3.05, 3.63) is 0 Å². The SMILES string of the molecule is FC(F)(Cl)S(F)(F)F. The molecule has 52 valence electrons. The van der Waals surface area contributed by atoms with Crippen molar-refractivity contribution in [3.63, 3.8) is 0 Å². The van der Waals surface area contributed by atoms with E-state index < -0.39 is 15.9 Å². The molecule has 0 aromatic carbocycles. The van der Waals surface area contributed by atoms with Gasteiger partial charge in [-0.3, -0.25) is 0 Å². The second kappa shape index (κ2) is 1.91. The Bertz CT molecular complexity index is 67.4. The van der Waals surface area contributed by atoms with Crippen molar-refractivity contribution >= 4 is 22.8 Å². The van der Waals surface area contributed by atoms with E-state index in [-0.39, 0.29) is 0 Å². The summed E-state index contributed by atoms with van der Waals surface area (Å²) in [4.78, 5) is 0. The fourth-order valence-electron chi connectivity index (χ4n) is 0. The highest BCUT2D eigenvalue weighted by Crippen LogP contribution is 2.67. The molecule has 0 aromatic rings.